The number of anilines is 1. The Morgan fingerprint density at radius 1 is 1.05 bits per heavy atom. The van der Waals surface area contributed by atoms with Crippen LogP contribution in [0.3, 0.4) is 0 Å². The van der Waals surface area contributed by atoms with Gasteiger partial charge in [-0.25, -0.2) is 12.8 Å². The van der Waals surface area contributed by atoms with E-state index in [1.807, 2.05) is 12.1 Å². The van der Waals surface area contributed by atoms with Crippen molar-refractivity contribution < 1.29 is 22.4 Å². The normalized spacial score (nSPS) is 12.0. The summed E-state index contributed by atoms with van der Waals surface area (Å²) >= 11 is 9.35. The van der Waals surface area contributed by atoms with E-state index in [0.29, 0.717) is 6.54 Å². The van der Waals surface area contributed by atoms with Gasteiger partial charge in [-0.3, -0.25) is 13.9 Å². The fraction of sp³-hybridized carbons (Fsp3) is 0.231. The molecule has 0 radical (unpaired) electrons. The van der Waals surface area contributed by atoms with E-state index in [1.54, 1.807) is 44.2 Å². The molecule has 0 heterocycles. The topological polar surface area (TPSA) is 86.8 Å². The van der Waals surface area contributed by atoms with Crippen molar-refractivity contribution in [3.8, 4) is 0 Å². The highest BCUT2D eigenvalue weighted by atomic mass is 79.9. The van der Waals surface area contributed by atoms with Gasteiger partial charge in [-0.1, -0.05) is 57.9 Å². The number of hydrogen-bond donors (Lipinski definition) is 1. The number of nitrogens with zero attached hydrogens (tertiary/aromatic N) is 2. The Labute approximate surface area is 229 Å². The maximum absolute atomic E-state index is 13.9. The minimum atomic E-state index is -4.25. The third-order valence-corrected chi connectivity index (χ3v) is 8.13. The summed E-state index contributed by atoms with van der Waals surface area (Å²) in [6.07, 6.45) is 0. The van der Waals surface area contributed by atoms with Gasteiger partial charge in [0.25, 0.3) is 10.0 Å². The third-order valence-electron chi connectivity index (χ3n) is 5.56. The summed E-state index contributed by atoms with van der Waals surface area (Å²) in [5.41, 5.74) is 0.748. The number of sulfonamides is 1. The van der Waals surface area contributed by atoms with E-state index >= 15 is 0 Å². The standard InChI is InChI=1S/C26H26BrClFN3O4S/c1-3-30-26(34)18(2)31(16-19-8-7-9-20(27)14-19)25(33)17-32(21-12-13-24(29)23(28)15-21)37(35,36)22-10-5-4-6-11-22/h4-15,18H,3,16-17H2,1-2H3,(H,30,34)/t18-/m1/s1. The second-order valence-electron chi connectivity index (χ2n) is 8.15. The minimum absolute atomic E-state index is 0.0108. The Bertz CT molecular complexity index is 1380. The van der Waals surface area contributed by atoms with Crippen LogP contribution in [0.1, 0.15) is 19.4 Å². The molecule has 3 aromatic carbocycles. The van der Waals surface area contributed by atoms with E-state index < -0.39 is 34.3 Å². The number of nitrogens with one attached hydrogen (secondary N) is 1. The molecule has 0 bridgehead atoms. The van der Waals surface area contributed by atoms with E-state index in [9.17, 15) is 22.4 Å². The van der Waals surface area contributed by atoms with Crippen LogP contribution in [0, 0.1) is 5.82 Å². The number of rotatable bonds is 10. The number of amides is 2. The molecule has 11 heteroatoms. The fourth-order valence-electron chi connectivity index (χ4n) is 3.63. The van der Waals surface area contributed by atoms with Crippen LogP contribution >= 0.6 is 27.5 Å². The van der Waals surface area contributed by atoms with Crippen molar-refractivity contribution in [3.05, 3.63) is 93.7 Å². The molecule has 0 aliphatic rings. The summed E-state index contributed by atoms with van der Waals surface area (Å²) in [5.74, 6) is -1.73. The zero-order valence-electron chi connectivity index (χ0n) is 20.2. The highest BCUT2D eigenvalue weighted by Crippen LogP contribution is 2.28. The highest BCUT2D eigenvalue weighted by molar-refractivity contribution is 9.10. The molecule has 3 aromatic rings. The quantitative estimate of drug-likeness (QED) is 0.351. The van der Waals surface area contributed by atoms with E-state index in [4.69, 9.17) is 11.6 Å². The van der Waals surface area contributed by atoms with Gasteiger partial charge in [-0.2, -0.15) is 0 Å². The van der Waals surface area contributed by atoms with Crippen LogP contribution in [0.25, 0.3) is 0 Å². The molecule has 0 spiro atoms. The molecule has 0 unspecified atom stereocenters. The third kappa shape index (κ3) is 7.09. The van der Waals surface area contributed by atoms with Gasteiger partial charge in [-0.15, -0.1) is 0 Å². The van der Waals surface area contributed by atoms with E-state index in [0.717, 1.165) is 26.5 Å². The number of halogens is 3. The lowest BCUT2D eigenvalue weighted by Crippen LogP contribution is -2.51. The Kier molecular flexibility index (Phi) is 9.69. The molecular weight excluding hydrogens is 585 g/mol. The van der Waals surface area contributed by atoms with Gasteiger partial charge in [0.2, 0.25) is 11.8 Å². The van der Waals surface area contributed by atoms with Gasteiger partial charge in [-0.05, 0) is 61.9 Å². The first kappa shape index (κ1) is 28.6. The van der Waals surface area contributed by atoms with Crippen molar-refractivity contribution in [1.29, 1.82) is 0 Å². The largest absolute Gasteiger partial charge is 0.355 e. The van der Waals surface area contributed by atoms with E-state index in [-0.39, 0.29) is 28.1 Å². The average molecular weight is 611 g/mol. The summed E-state index contributed by atoms with van der Waals surface area (Å²) in [6, 6.07) is 17.3. The predicted octanol–water partition coefficient (Wildman–Crippen LogP) is 4.99. The van der Waals surface area contributed by atoms with Crippen molar-refractivity contribution in [2.24, 2.45) is 0 Å². The number of carbonyl (C=O) groups is 2. The lowest BCUT2D eigenvalue weighted by Gasteiger charge is -2.32. The molecule has 0 saturated heterocycles. The summed E-state index contributed by atoms with van der Waals surface area (Å²) in [7, 11) is -4.25. The number of benzene rings is 3. The fourth-order valence-corrected chi connectivity index (χ4v) is 5.67. The summed E-state index contributed by atoms with van der Waals surface area (Å²) in [4.78, 5) is 27.7. The lowest BCUT2D eigenvalue weighted by atomic mass is 10.1. The molecule has 1 atom stereocenters. The Hall–Kier alpha value is -2.95. The Morgan fingerprint density at radius 2 is 1.76 bits per heavy atom. The first-order chi connectivity index (χ1) is 17.5. The van der Waals surface area contributed by atoms with Crippen LogP contribution in [0.5, 0.6) is 0 Å². The van der Waals surface area contributed by atoms with Gasteiger partial charge < -0.3 is 10.2 Å². The highest BCUT2D eigenvalue weighted by Gasteiger charge is 2.32. The van der Waals surface area contributed by atoms with Crippen LogP contribution in [-0.2, 0) is 26.2 Å². The second kappa shape index (κ2) is 12.5. The van der Waals surface area contributed by atoms with E-state index in [1.165, 1.54) is 23.1 Å². The maximum atomic E-state index is 13.9. The molecule has 1 N–H and O–H groups in total. The summed E-state index contributed by atoms with van der Waals surface area (Å²) < 4.78 is 42.8. The van der Waals surface area contributed by atoms with Gasteiger partial charge >= 0.3 is 0 Å². The summed E-state index contributed by atoms with van der Waals surface area (Å²) in [5, 5.41) is 2.41. The number of hydrogen-bond acceptors (Lipinski definition) is 4. The molecule has 0 aliphatic carbocycles. The monoisotopic (exact) mass is 609 g/mol. The van der Waals surface area contributed by atoms with Crippen molar-refractivity contribution in [2.45, 2.75) is 31.3 Å². The van der Waals surface area contributed by atoms with Crippen molar-refractivity contribution in [1.82, 2.24) is 10.2 Å². The maximum Gasteiger partial charge on any atom is 0.264 e. The Morgan fingerprint density at radius 3 is 2.38 bits per heavy atom. The van der Waals surface area contributed by atoms with Crippen LogP contribution in [0.15, 0.2) is 82.2 Å². The molecular formula is C26H26BrClFN3O4S. The van der Waals surface area contributed by atoms with Gasteiger partial charge in [0.1, 0.15) is 18.4 Å². The van der Waals surface area contributed by atoms with Crippen LogP contribution in [-0.4, -0.2) is 44.3 Å². The van der Waals surface area contributed by atoms with Crippen molar-refractivity contribution >= 4 is 55.1 Å². The molecule has 0 fully saturated rings. The van der Waals surface area contributed by atoms with Gasteiger partial charge in [0.15, 0.2) is 0 Å². The van der Waals surface area contributed by atoms with Crippen molar-refractivity contribution in [3.63, 3.8) is 0 Å². The van der Waals surface area contributed by atoms with Crippen LogP contribution in [0.2, 0.25) is 5.02 Å². The summed E-state index contributed by atoms with van der Waals surface area (Å²) in [6.45, 7) is 3.12. The molecule has 0 aromatic heterocycles. The predicted molar refractivity (Wildman–Crippen MR) is 145 cm³/mol. The second-order valence-corrected chi connectivity index (χ2v) is 11.3. The molecule has 7 nitrogen and oxygen atoms in total. The molecule has 0 saturated carbocycles. The molecule has 196 valence electrons. The lowest BCUT2D eigenvalue weighted by molar-refractivity contribution is -0.139. The molecule has 0 aliphatic heterocycles. The zero-order valence-corrected chi connectivity index (χ0v) is 23.4. The van der Waals surface area contributed by atoms with Crippen molar-refractivity contribution in [2.75, 3.05) is 17.4 Å². The SMILES string of the molecule is CCNC(=O)[C@@H](C)N(Cc1cccc(Br)c1)C(=O)CN(c1ccc(F)c(Cl)c1)S(=O)(=O)c1ccccc1. The number of likely N-dealkylation sites (N-methyl/N-ethyl adjacent to an activating group) is 1. The first-order valence-electron chi connectivity index (χ1n) is 11.4. The first-order valence-corrected chi connectivity index (χ1v) is 14.0. The van der Waals surface area contributed by atoms with Gasteiger partial charge in [0.05, 0.1) is 15.6 Å². The molecule has 3 rings (SSSR count). The molecule has 2 amide bonds. The molecule has 37 heavy (non-hydrogen) atoms. The van der Waals surface area contributed by atoms with Crippen LogP contribution in [0.4, 0.5) is 10.1 Å². The number of carbonyl (C=O) groups excluding carboxylic acids is 2. The van der Waals surface area contributed by atoms with Gasteiger partial charge in [0, 0.05) is 17.6 Å². The minimum Gasteiger partial charge on any atom is -0.355 e. The van der Waals surface area contributed by atoms with Crippen LogP contribution < -0.4 is 9.62 Å². The Balaban J connectivity index is 2.04. The van der Waals surface area contributed by atoms with E-state index in [2.05, 4.69) is 21.2 Å². The zero-order chi connectivity index (χ0) is 27.2. The smallest absolute Gasteiger partial charge is 0.264 e. The average Bonchev–Trinajstić information content (AvgIpc) is 2.87.